The van der Waals surface area contributed by atoms with Gasteiger partial charge in [-0.3, -0.25) is 9.78 Å². The molecule has 1 aromatic heterocycles. The van der Waals surface area contributed by atoms with Crippen LogP contribution >= 0.6 is 0 Å². The molecule has 0 saturated carbocycles. The van der Waals surface area contributed by atoms with Gasteiger partial charge in [0.2, 0.25) is 0 Å². The average Bonchev–Trinajstić information content (AvgIpc) is 2.45. The summed E-state index contributed by atoms with van der Waals surface area (Å²) in [6.07, 6.45) is 2.28. The Morgan fingerprint density at radius 2 is 1.95 bits per heavy atom. The van der Waals surface area contributed by atoms with Crippen molar-refractivity contribution in [3.63, 3.8) is 0 Å². The number of hydrogen-bond donors (Lipinski definition) is 1. The van der Waals surface area contributed by atoms with Crippen molar-refractivity contribution in [1.29, 1.82) is 0 Å². The summed E-state index contributed by atoms with van der Waals surface area (Å²) >= 11 is 0. The second-order valence-corrected chi connectivity index (χ2v) is 4.54. The van der Waals surface area contributed by atoms with E-state index in [-0.39, 0.29) is 5.78 Å². The normalized spacial score (nSPS) is 10.4. The smallest absolute Gasteiger partial charge is 0.164 e. The first-order chi connectivity index (χ1) is 9.25. The van der Waals surface area contributed by atoms with E-state index >= 15 is 0 Å². The van der Waals surface area contributed by atoms with Crippen LogP contribution in [0, 0.1) is 6.92 Å². The van der Waals surface area contributed by atoms with Crippen molar-refractivity contribution in [3.8, 4) is 0 Å². The number of nitrogens with one attached hydrogen (secondary N) is 1. The van der Waals surface area contributed by atoms with E-state index in [0.717, 1.165) is 11.3 Å². The third-order valence-corrected chi connectivity index (χ3v) is 2.93. The van der Waals surface area contributed by atoms with E-state index in [9.17, 15) is 4.79 Å². The van der Waals surface area contributed by atoms with Gasteiger partial charge in [0.05, 0.1) is 5.69 Å². The van der Waals surface area contributed by atoms with Crippen molar-refractivity contribution in [1.82, 2.24) is 10.3 Å². The Morgan fingerprint density at radius 1 is 1.16 bits per heavy atom. The molecule has 2 aromatic rings. The number of Topliss-reactive ketones (excluding diaryl/α,β-unsaturated/α-hetero) is 1. The van der Waals surface area contributed by atoms with Crippen molar-refractivity contribution in [3.05, 3.63) is 65.5 Å². The van der Waals surface area contributed by atoms with E-state index in [4.69, 9.17) is 0 Å². The fourth-order valence-corrected chi connectivity index (χ4v) is 1.80. The van der Waals surface area contributed by atoms with Crippen molar-refractivity contribution in [2.24, 2.45) is 0 Å². The highest BCUT2D eigenvalue weighted by molar-refractivity contribution is 5.96. The SMILES string of the molecule is Cc1ccc(C(=O)CCNCc2ccccn2)cc1. The number of benzene rings is 1. The zero-order valence-corrected chi connectivity index (χ0v) is 11.1. The molecule has 0 aliphatic carbocycles. The monoisotopic (exact) mass is 254 g/mol. The first-order valence-electron chi connectivity index (χ1n) is 6.46. The lowest BCUT2D eigenvalue weighted by Gasteiger charge is -2.04. The topological polar surface area (TPSA) is 42.0 Å². The van der Waals surface area contributed by atoms with Crippen LogP contribution in [0.25, 0.3) is 0 Å². The summed E-state index contributed by atoms with van der Waals surface area (Å²) in [5, 5.41) is 3.23. The molecule has 0 bridgehead atoms. The first kappa shape index (κ1) is 13.4. The lowest BCUT2D eigenvalue weighted by atomic mass is 10.1. The zero-order valence-electron chi connectivity index (χ0n) is 11.1. The minimum Gasteiger partial charge on any atom is -0.311 e. The molecule has 0 radical (unpaired) electrons. The van der Waals surface area contributed by atoms with Gasteiger partial charge in [-0.2, -0.15) is 0 Å². The maximum atomic E-state index is 11.9. The summed E-state index contributed by atoms with van der Waals surface area (Å²) in [6.45, 7) is 3.38. The molecular weight excluding hydrogens is 236 g/mol. The van der Waals surface area contributed by atoms with Crippen LogP contribution in [-0.2, 0) is 6.54 Å². The molecule has 0 fully saturated rings. The number of carbonyl (C=O) groups is 1. The van der Waals surface area contributed by atoms with E-state index in [1.807, 2.05) is 49.4 Å². The fourth-order valence-electron chi connectivity index (χ4n) is 1.80. The van der Waals surface area contributed by atoms with E-state index in [2.05, 4.69) is 10.3 Å². The fraction of sp³-hybridized carbons (Fsp3) is 0.250. The molecule has 0 aliphatic rings. The summed E-state index contributed by atoms with van der Waals surface area (Å²) in [6, 6.07) is 13.5. The predicted molar refractivity (Wildman–Crippen MR) is 76.1 cm³/mol. The van der Waals surface area contributed by atoms with Crippen LogP contribution < -0.4 is 5.32 Å². The summed E-state index contributed by atoms with van der Waals surface area (Å²) in [4.78, 5) is 16.1. The van der Waals surface area contributed by atoms with Gasteiger partial charge in [-0.25, -0.2) is 0 Å². The number of aryl methyl sites for hydroxylation is 1. The Balaban J connectivity index is 1.74. The Morgan fingerprint density at radius 3 is 2.63 bits per heavy atom. The molecule has 1 N–H and O–H groups in total. The Labute approximate surface area is 113 Å². The molecule has 0 aliphatic heterocycles. The minimum absolute atomic E-state index is 0.175. The summed E-state index contributed by atoms with van der Waals surface area (Å²) in [5.41, 5.74) is 2.94. The highest BCUT2D eigenvalue weighted by atomic mass is 16.1. The van der Waals surface area contributed by atoms with E-state index in [1.54, 1.807) is 6.20 Å². The largest absolute Gasteiger partial charge is 0.311 e. The van der Waals surface area contributed by atoms with Crippen molar-refractivity contribution >= 4 is 5.78 Å². The summed E-state index contributed by atoms with van der Waals surface area (Å²) < 4.78 is 0. The molecule has 1 aromatic carbocycles. The molecule has 0 spiro atoms. The third-order valence-electron chi connectivity index (χ3n) is 2.93. The van der Waals surface area contributed by atoms with Gasteiger partial charge >= 0.3 is 0 Å². The molecule has 0 saturated heterocycles. The minimum atomic E-state index is 0.175. The van der Waals surface area contributed by atoms with Crippen LogP contribution in [0.1, 0.15) is 28.0 Å². The van der Waals surface area contributed by atoms with Crippen LogP contribution in [0.5, 0.6) is 0 Å². The molecule has 0 amide bonds. The number of nitrogens with zero attached hydrogens (tertiary/aromatic N) is 1. The Kier molecular flexibility index (Phi) is 4.81. The van der Waals surface area contributed by atoms with Crippen molar-refractivity contribution < 1.29 is 4.79 Å². The molecule has 19 heavy (non-hydrogen) atoms. The third kappa shape index (κ3) is 4.30. The molecule has 0 atom stereocenters. The molecule has 3 nitrogen and oxygen atoms in total. The van der Waals surface area contributed by atoms with Gasteiger partial charge in [-0.15, -0.1) is 0 Å². The van der Waals surface area contributed by atoms with Crippen LogP contribution in [0.3, 0.4) is 0 Å². The second-order valence-electron chi connectivity index (χ2n) is 4.54. The molecule has 0 unspecified atom stereocenters. The van der Waals surface area contributed by atoms with Crippen LogP contribution in [-0.4, -0.2) is 17.3 Å². The molecule has 98 valence electrons. The quantitative estimate of drug-likeness (QED) is 0.636. The van der Waals surface area contributed by atoms with Gasteiger partial charge in [-0.05, 0) is 19.1 Å². The Bertz CT molecular complexity index is 520. The molecule has 2 rings (SSSR count). The predicted octanol–water partition coefficient (Wildman–Crippen LogP) is 2.75. The Hall–Kier alpha value is -2.00. The number of ketones is 1. The second kappa shape index (κ2) is 6.81. The maximum Gasteiger partial charge on any atom is 0.164 e. The number of pyridine rings is 1. The van der Waals surface area contributed by atoms with Gasteiger partial charge in [0.25, 0.3) is 0 Å². The number of hydrogen-bond acceptors (Lipinski definition) is 3. The van der Waals surface area contributed by atoms with Crippen molar-refractivity contribution in [2.45, 2.75) is 19.9 Å². The lowest BCUT2D eigenvalue weighted by molar-refractivity contribution is 0.0982. The standard InChI is InChI=1S/C16H18N2O/c1-13-5-7-14(8-6-13)16(19)9-11-17-12-15-4-2-3-10-18-15/h2-8,10,17H,9,11-12H2,1H3. The maximum absolute atomic E-state index is 11.9. The van der Waals surface area contributed by atoms with Crippen LogP contribution in [0.2, 0.25) is 0 Å². The number of aromatic nitrogens is 1. The molecular formula is C16H18N2O. The molecule has 3 heteroatoms. The zero-order chi connectivity index (χ0) is 13.5. The van der Waals surface area contributed by atoms with Gasteiger partial charge < -0.3 is 5.32 Å². The van der Waals surface area contributed by atoms with E-state index in [0.29, 0.717) is 19.5 Å². The van der Waals surface area contributed by atoms with E-state index < -0.39 is 0 Å². The first-order valence-corrected chi connectivity index (χ1v) is 6.46. The highest BCUT2D eigenvalue weighted by Crippen LogP contribution is 2.05. The highest BCUT2D eigenvalue weighted by Gasteiger charge is 2.04. The van der Waals surface area contributed by atoms with Crippen molar-refractivity contribution in [2.75, 3.05) is 6.54 Å². The molecule has 1 heterocycles. The van der Waals surface area contributed by atoms with Gasteiger partial charge in [0.1, 0.15) is 0 Å². The van der Waals surface area contributed by atoms with Gasteiger partial charge in [0, 0.05) is 31.3 Å². The summed E-state index contributed by atoms with van der Waals surface area (Å²) in [5.74, 6) is 0.175. The van der Waals surface area contributed by atoms with Crippen LogP contribution in [0.15, 0.2) is 48.7 Å². The summed E-state index contributed by atoms with van der Waals surface area (Å²) in [7, 11) is 0. The average molecular weight is 254 g/mol. The van der Waals surface area contributed by atoms with Crippen LogP contribution in [0.4, 0.5) is 0 Å². The van der Waals surface area contributed by atoms with Gasteiger partial charge in [0.15, 0.2) is 5.78 Å². The number of carbonyl (C=O) groups excluding carboxylic acids is 1. The number of rotatable bonds is 6. The van der Waals surface area contributed by atoms with E-state index in [1.165, 1.54) is 5.56 Å². The van der Waals surface area contributed by atoms with Gasteiger partial charge in [-0.1, -0.05) is 35.9 Å². The lowest BCUT2D eigenvalue weighted by Crippen LogP contribution is -2.18.